The molecular formula is C12H12INO4. The molecule has 0 spiro atoms. The molecule has 1 aromatic heterocycles. The summed E-state index contributed by atoms with van der Waals surface area (Å²) >= 11 is 1.89. The topological polar surface area (TPSA) is 76.4 Å². The molecule has 1 aliphatic heterocycles. The van der Waals surface area contributed by atoms with E-state index in [1.165, 1.54) is 0 Å². The second kappa shape index (κ2) is 5.21. The lowest BCUT2D eigenvalue weighted by Gasteiger charge is -2.17. The van der Waals surface area contributed by atoms with Crippen molar-refractivity contribution < 1.29 is 14.0 Å². The minimum Gasteiger partial charge on any atom is -0.426 e. The van der Waals surface area contributed by atoms with Crippen LogP contribution in [0.3, 0.4) is 0 Å². The van der Waals surface area contributed by atoms with Gasteiger partial charge in [0.25, 0.3) is 5.91 Å². The van der Waals surface area contributed by atoms with Crippen LogP contribution in [0.4, 0.5) is 0 Å². The van der Waals surface area contributed by atoms with Crippen molar-refractivity contribution in [2.75, 3.05) is 0 Å². The fourth-order valence-corrected chi connectivity index (χ4v) is 2.61. The zero-order chi connectivity index (χ0) is 13.3. The van der Waals surface area contributed by atoms with Crippen LogP contribution in [0.2, 0.25) is 0 Å². The summed E-state index contributed by atoms with van der Waals surface area (Å²) in [6.07, 6.45) is 2.44. The molecule has 0 saturated heterocycles. The maximum atomic E-state index is 11.8. The van der Waals surface area contributed by atoms with Gasteiger partial charge in [-0.2, -0.15) is 0 Å². The Balaban J connectivity index is 2.60. The first-order valence-electron chi connectivity index (χ1n) is 5.73. The fourth-order valence-electron chi connectivity index (χ4n) is 1.96. The van der Waals surface area contributed by atoms with Crippen molar-refractivity contribution in [1.82, 2.24) is 5.32 Å². The van der Waals surface area contributed by atoms with Crippen molar-refractivity contribution in [3.63, 3.8) is 0 Å². The van der Waals surface area contributed by atoms with E-state index in [0.717, 1.165) is 12.8 Å². The maximum Gasteiger partial charge on any atom is 0.349 e. The number of amides is 2. The van der Waals surface area contributed by atoms with Crippen molar-refractivity contribution in [3.8, 4) is 0 Å². The second-order valence-electron chi connectivity index (χ2n) is 4.14. The van der Waals surface area contributed by atoms with E-state index in [2.05, 4.69) is 5.32 Å². The number of fused-ring (bicyclic) bond motifs is 1. The minimum absolute atomic E-state index is 0.0492. The standard InChI is InChI=1S/C12H12INO4/c1-2-3-4-6-9-7(18-12(17)10(6)13)5-8(15)14-11(9)16/h2-5H2,1H3,(H,14,15,16). The lowest BCUT2D eigenvalue weighted by atomic mass is 9.98. The molecule has 2 heterocycles. The molecule has 1 N–H and O–H groups in total. The summed E-state index contributed by atoms with van der Waals surface area (Å²) in [5.74, 6) is -0.701. The van der Waals surface area contributed by atoms with E-state index in [-0.39, 0.29) is 12.2 Å². The van der Waals surface area contributed by atoms with Crippen molar-refractivity contribution in [2.45, 2.75) is 32.6 Å². The van der Waals surface area contributed by atoms with Crippen LogP contribution in [0.5, 0.6) is 0 Å². The van der Waals surface area contributed by atoms with Gasteiger partial charge in [-0.25, -0.2) is 4.79 Å². The Morgan fingerprint density at radius 2 is 2.06 bits per heavy atom. The predicted molar refractivity (Wildman–Crippen MR) is 72.5 cm³/mol. The Bertz CT molecular complexity index is 576. The highest BCUT2D eigenvalue weighted by atomic mass is 127. The van der Waals surface area contributed by atoms with Gasteiger partial charge in [0.15, 0.2) is 0 Å². The van der Waals surface area contributed by atoms with Crippen LogP contribution in [0, 0.1) is 3.57 Å². The third-order valence-corrected chi connectivity index (χ3v) is 3.91. The summed E-state index contributed by atoms with van der Waals surface area (Å²) in [7, 11) is 0. The van der Waals surface area contributed by atoms with Crippen LogP contribution in [0.1, 0.15) is 41.4 Å². The Hall–Kier alpha value is -1.18. The number of hydrogen-bond donors (Lipinski definition) is 1. The van der Waals surface area contributed by atoms with Gasteiger partial charge >= 0.3 is 5.63 Å². The summed E-state index contributed by atoms with van der Waals surface area (Å²) in [6.45, 7) is 2.04. The average molecular weight is 361 g/mol. The molecule has 0 saturated carbocycles. The molecule has 96 valence electrons. The molecule has 6 heteroatoms. The first kappa shape index (κ1) is 13.3. The second-order valence-corrected chi connectivity index (χ2v) is 5.22. The summed E-state index contributed by atoms with van der Waals surface area (Å²) in [6, 6.07) is 0. The molecule has 0 bridgehead atoms. The Morgan fingerprint density at radius 1 is 1.33 bits per heavy atom. The summed E-state index contributed by atoms with van der Waals surface area (Å²) in [4.78, 5) is 34.8. The van der Waals surface area contributed by atoms with Gasteiger partial charge in [-0.1, -0.05) is 13.3 Å². The first-order valence-corrected chi connectivity index (χ1v) is 6.81. The maximum absolute atomic E-state index is 11.8. The highest BCUT2D eigenvalue weighted by Gasteiger charge is 2.29. The van der Waals surface area contributed by atoms with Crippen LogP contribution < -0.4 is 10.9 Å². The number of imide groups is 1. The van der Waals surface area contributed by atoms with Crippen LogP contribution in [-0.2, 0) is 17.6 Å². The highest BCUT2D eigenvalue weighted by Crippen LogP contribution is 2.23. The summed E-state index contributed by atoms with van der Waals surface area (Å²) in [5, 5.41) is 2.26. The SMILES string of the molecule is CCCCc1c2c(oc(=O)c1I)CC(=O)NC2=O. The first-order chi connectivity index (χ1) is 8.54. The summed E-state index contributed by atoms with van der Waals surface area (Å²) in [5.41, 5.74) is 0.601. The molecule has 1 aliphatic rings. The lowest BCUT2D eigenvalue weighted by molar-refractivity contribution is -0.120. The van der Waals surface area contributed by atoms with Crippen molar-refractivity contribution >= 4 is 34.4 Å². The van der Waals surface area contributed by atoms with Gasteiger partial charge in [0.05, 0.1) is 12.0 Å². The molecule has 0 aliphatic carbocycles. The number of rotatable bonds is 3. The molecule has 0 radical (unpaired) electrons. The highest BCUT2D eigenvalue weighted by molar-refractivity contribution is 14.1. The van der Waals surface area contributed by atoms with Gasteiger partial charge in [0, 0.05) is 0 Å². The monoisotopic (exact) mass is 361 g/mol. The summed E-state index contributed by atoms with van der Waals surface area (Å²) < 4.78 is 5.48. The molecule has 2 rings (SSSR count). The number of nitrogens with one attached hydrogen (secondary N) is 1. The van der Waals surface area contributed by atoms with Crippen molar-refractivity contribution in [1.29, 1.82) is 0 Å². The van der Waals surface area contributed by atoms with Gasteiger partial charge in [-0.3, -0.25) is 14.9 Å². The molecule has 5 nitrogen and oxygen atoms in total. The number of carbonyl (C=O) groups is 2. The molecule has 0 atom stereocenters. The van der Waals surface area contributed by atoms with Crippen molar-refractivity contribution in [2.24, 2.45) is 0 Å². The molecular weight excluding hydrogens is 349 g/mol. The fraction of sp³-hybridized carbons (Fsp3) is 0.417. The minimum atomic E-state index is -0.469. The Labute approximate surface area is 117 Å². The average Bonchev–Trinajstić information content (AvgIpc) is 2.30. The van der Waals surface area contributed by atoms with Crippen LogP contribution in [-0.4, -0.2) is 11.8 Å². The van der Waals surface area contributed by atoms with Crippen LogP contribution >= 0.6 is 22.6 Å². The van der Waals surface area contributed by atoms with Gasteiger partial charge in [0.2, 0.25) is 5.91 Å². The molecule has 0 aromatic carbocycles. The predicted octanol–water partition coefficient (Wildman–Crippen LogP) is 1.40. The zero-order valence-electron chi connectivity index (χ0n) is 9.84. The van der Waals surface area contributed by atoms with Crippen LogP contribution in [0.15, 0.2) is 9.21 Å². The normalized spacial score (nSPS) is 14.3. The molecule has 0 unspecified atom stereocenters. The molecule has 2 amide bonds. The Kier molecular flexibility index (Phi) is 3.84. The quantitative estimate of drug-likeness (QED) is 0.652. The van der Waals surface area contributed by atoms with E-state index in [4.69, 9.17) is 4.42 Å². The van der Waals surface area contributed by atoms with Crippen molar-refractivity contribution in [3.05, 3.63) is 30.9 Å². The van der Waals surface area contributed by atoms with Gasteiger partial charge in [0.1, 0.15) is 9.33 Å². The number of unbranched alkanes of at least 4 members (excludes halogenated alkanes) is 1. The van der Waals surface area contributed by atoms with E-state index < -0.39 is 17.4 Å². The molecule has 18 heavy (non-hydrogen) atoms. The van der Waals surface area contributed by atoms with Gasteiger partial charge in [-0.15, -0.1) is 0 Å². The number of halogens is 1. The number of hydrogen-bond acceptors (Lipinski definition) is 4. The third-order valence-electron chi connectivity index (χ3n) is 2.82. The smallest absolute Gasteiger partial charge is 0.349 e. The van der Waals surface area contributed by atoms with E-state index in [0.29, 0.717) is 21.1 Å². The van der Waals surface area contributed by atoms with E-state index in [1.54, 1.807) is 0 Å². The third kappa shape index (κ3) is 2.33. The van der Waals surface area contributed by atoms with Crippen LogP contribution in [0.25, 0.3) is 0 Å². The Morgan fingerprint density at radius 3 is 2.72 bits per heavy atom. The molecule has 0 fully saturated rings. The lowest BCUT2D eigenvalue weighted by Crippen LogP contribution is -2.39. The largest absolute Gasteiger partial charge is 0.426 e. The zero-order valence-corrected chi connectivity index (χ0v) is 12.0. The van der Waals surface area contributed by atoms with Gasteiger partial charge < -0.3 is 4.42 Å². The van der Waals surface area contributed by atoms with Gasteiger partial charge in [-0.05, 0) is 41.0 Å². The van der Waals surface area contributed by atoms with E-state index >= 15 is 0 Å². The van der Waals surface area contributed by atoms with E-state index in [1.807, 2.05) is 29.5 Å². The number of carbonyl (C=O) groups excluding carboxylic acids is 2. The van der Waals surface area contributed by atoms with E-state index in [9.17, 15) is 14.4 Å². The molecule has 1 aromatic rings.